The number of benzene rings is 1. The summed E-state index contributed by atoms with van der Waals surface area (Å²) in [7, 11) is 0. The molecule has 0 saturated heterocycles. The molecule has 1 aromatic rings. The number of rotatable bonds is 18. The second kappa shape index (κ2) is 25.6. The molecule has 11 N–H and O–H groups in total. The van der Waals surface area contributed by atoms with Gasteiger partial charge in [0, 0.05) is 13.0 Å². The fourth-order valence-electron chi connectivity index (χ4n) is 3.46. The quantitative estimate of drug-likeness (QED) is 0.105. The third kappa shape index (κ3) is 25.3. The van der Waals surface area contributed by atoms with Crippen molar-refractivity contribution in [2.24, 2.45) is 23.1 Å². The van der Waals surface area contributed by atoms with Crippen LogP contribution in [0.4, 0.5) is 22.8 Å². The second-order valence-electron chi connectivity index (χ2n) is 10.1. The van der Waals surface area contributed by atoms with Gasteiger partial charge >= 0.3 is 30.2 Å². The highest BCUT2D eigenvalue weighted by Gasteiger charge is 2.38. The highest BCUT2D eigenvalue weighted by Crippen LogP contribution is 2.13. The Morgan fingerprint density at radius 2 is 1.51 bits per heavy atom. The lowest BCUT2D eigenvalue weighted by molar-refractivity contribution is -0.192. The van der Waals surface area contributed by atoms with Gasteiger partial charge in [-0.1, -0.05) is 57.0 Å². The first-order chi connectivity index (χ1) is 22.0. The lowest BCUT2D eigenvalue weighted by Gasteiger charge is -2.24. The van der Waals surface area contributed by atoms with Gasteiger partial charge in [0.2, 0.25) is 11.8 Å². The monoisotopic (exact) mass is 680 g/mol. The van der Waals surface area contributed by atoms with Gasteiger partial charge in [0.25, 0.3) is 0 Å². The van der Waals surface area contributed by atoms with E-state index in [-0.39, 0.29) is 25.4 Å². The van der Waals surface area contributed by atoms with Crippen molar-refractivity contribution in [3.63, 3.8) is 0 Å². The third-order valence-corrected chi connectivity index (χ3v) is 6.19. The van der Waals surface area contributed by atoms with Gasteiger partial charge in [-0.15, -0.1) is 0 Å². The molecule has 0 radical (unpaired) electrons. The highest BCUT2D eigenvalue weighted by atomic mass is 19.4. The van der Waals surface area contributed by atoms with E-state index in [0.717, 1.165) is 24.8 Å². The van der Waals surface area contributed by atoms with Crippen LogP contribution in [0.5, 0.6) is 0 Å². The van der Waals surface area contributed by atoms with Crippen molar-refractivity contribution in [3.05, 3.63) is 35.9 Å². The number of urea groups is 1. The summed E-state index contributed by atoms with van der Waals surface area (Å²) in [5.74, 6) is -4.79. The van der Waals surface area contributed by atoms with Crippen molar-refractivity contribution in [2.75, 3.05) is 13.1 Å². The molecule has 15 nitrogen and oxygen atoms in total. The maximum Gasteiger partial charge on any atom is 0.490 e. The van der Waals surface area contributed by atoms with Crippen LogP contribution in [-0.2, 0) is 30.5 Å². The molecular weight excluding hydrogens is 633 g/mol. The Balaban J connectivity index is 0. The van der Waals surface area contributed by atoms with Crippen molar-refractivity contribution < 1.29 is 56.9 Å². The van der Waals surface area contributed by atoms with Crippen LogP contribution in [0.1, 0.15) is 70.8 Å². The minimum absolute atomic E-state index is 0.151. The van der Waals surface area contributed by atoms with E-state index in [1.165, 1.54) is 0 Å². The molecule has 0 fully saturated rings. The highest BCUT2D eigenvalue weighted by molar-refractivity contribution is 5.91. The minimum atomic E-state index is -5.08. The van der Waals surface area contributed by atoms with Crippen LogP contribution in [-0.4, -0.2) is 77.4 Å². The number of unbranched alkanes of at least 4 members (excludes halogenated alkanes) is 3. The molecule has 0 aliphatic heterocycles. The number of carboxylic acid groups (broad SMARTS) is 2. The Morgan fingerprint density at radius 3 is 1.98 bits per heavy atom. The summed E-state index contributed by atoms with van der Waals surface area (Å²) < 4.78 is 36.9. The molecule has 1 rings (SSSR count). The Morgan fingerprint density at radius 1 is 0.915 bits per heavy atom. The SMILES string of the molecule is CCC(C)[C@H](NC(=O)[C@@H](CCCCNC(=O)OCc1ccccc1)NC(N)=O)C(N)=O.NCCCCCC(=O)O.O=C(O)C(F)(F)F. The molecule has 18 heteroatoms. The van der Waals surface area contributed by atoms with Gasteiger partial charge in [-0.2, -0.15) is 13.2 Å². The van der Waals surface area contributed by atoms with Gasteiger partial charge in [-0.3, -0.25) is 14.4 Å². The molecule has 3 atom stereocenters. The number of amides is 5. The standard InChI is InChI=1S/C21H33N5O5.C6H13NO2.C2HF3O2/c1-3-14(2)17(18(22)27)26-19(28)16(25-20(23)29)11-7-8-12-24-21(30)31-13-15-9-5-4-6-10-15;7-5-3-1-2-4-6(8)9;3-2(4,5)1(6)7/h4-6,9-10,14,16-17H,3,7-8,11-13H2,1-2H3,(H2,22,27)(H,24,30)(H,26,28)(H3,23,25,29);1-5,7H2,(H,8,9);(H,6,7)/t14?,16-,17+;;/m1../s1. The van der Waals surface area contributed by atoms with Crippen LogP contribution in [0.3, 0.4) is 0 Å². The number of carboxylic acids is 2. The van der Waals surface area contributed by atoms with Gasteiger partial charge in [-0.05, 0) is 50.1 Å². The molecule has 0 spiro atoms. The molecule has 47 heavy (non-hydrogen) atoms. The Hall–Kier alpha value is -4.61. The lowest BCUT2D eigenvalue weighted by Crippen LogP contribution is -2.55. The summed E-state index contributed by atoms with van der Waals surface area (Å²) in [5.41, 5.74) is 16.6. The van der Waals surface area contributed by atoms with E-state index in [0.29, 0.717) is 32.4 Å². The molecule has 0 saturated carbocycles. The fourth-order valence-corrected chi connectivity index (χ4v) is 3.46. The second-order valence-corrected chi connectivity index (χ2v) is 10.1. The van der Waals surface area contributed by atoms with Crippen LogP contribution in [0, 0.1) is 5.92 Å². The Bertz CT molecular complexity index is 1090. The number of hydrogen-bond acceptors (Lipinski definition) is 8. The molecule has 268 valence electrons. The first-order valence-electron chi connectivity index (χ1n) is 14.8. The minimum Gasteiger partial charge on any atom is -0.481 e. The smallest absolute Gasteiger partial charge is 0.481 e. The first-order valence-corrected chi connectivity index (χ1v) is 14.8. The normalized spacial score (nSPS) is 12.3. The van der Waals surface area contributed by atoms with Gasteiger partial charge in [-0.25, -0.2) is 14.4 Å². The first kappa shape index (κ1) is 44.5. The molecule has 0 aliphatic rings. The fraction of sp³-hybridized carbons (Fsp3) is 0.586. The molecule has 5 amide bonds. The zero-order valence-corrected chi connectivity index (χ0v) is 26.5. The number of alkyl carbamates (subject to hydrolysis) is 1. The molecule has 0 heterocycles. The van der Waals surface area contributed by atoms with Crippen molar-refractivity contribution >= 4 is 35.9 Å². The van der Waals surface area contributed by atoms with Crippen molar-refractivity contribution in [2.45, 2.75) is 90.1 Å². The van der Waals surface area contributed by atoms with E-state index in [2.05, 4.69) is 16.0 Å². The number of nitrogens with two attached hydrogens (primary N) is 3. The molecule has 0 bridgehead atoms. The molecule has 0 aliphatic carbocycles. The maximum absolute atomic E-state index is 12.5. The number of ether oxygens (including phenoxy) is 1. The number of aliphatic carboxylic acids is 2. The number of alkyl halides is 3. The molecule has 0 aromatic heterocycles. The van der Waals surface area contributed by atoms with E-state index < -0.39 is 54.1 Å². The van der Waals surface area contributed by atoms with Gasteiger partial charge in [0.1, 0.15) is 18.7 Å². The topological polar surface area (TPSA) is 266 Å². The zero-order chi connectivity index (χ0) is 36.4. The van der Waals surface area contributed by atoms with Crippen LogP contribution in [0.25, 0.3) is 0 Å². The number of halogens is 3. The van der Waals surface area contributed by atoms with E-state index in [4.69, 9.17) is 36.9 Å². The van der Waals surface area contributed by atoms with E-state index in [1.807, 2.05) is 37.3 Å². The predicted octanol–water partition coefficient (Wildman–Crippen LogP) is 2.36. The van der Waals surface area contributed by atoms with Crippen molar-refractivity contribution in [1.29, 1.82) is 0 Å². The molecular formula is C29H47F3N6O9. The summed E-state index contributed by atoms with van der Waals surface area (Å²) in [6.45, 7) is 4.86. The summed E-state index contributed by atoms with van der Waals surface area (Å²) >= 11 is 0. The lowest BCUT2D eigenvalue weighted by atomic mass is 9.98. The molecule has 1 unspecified atom stereocenters. The summed E-state index contributed by atoms with van der Waals surface area (Å²) in [6, 6.07) is 6.71. The van der Waals surface area contributed by atoms with E-state index in [1.54, 1.807) is 6.92 Å². The summed E-state index contributed by atoms with van der Waals surface area (Å²) in [5, 5.41) is 22.9. The number of carbonyl (C=O) groups excluding carboxylic acids is 4. The number of nitrogens with one attached hydrogen (secondary N) is 3. The van der Waals surface area contributed by atoms with Crippen molar-refractivity contribution in [3.8, 4) is 0 Å². The summed E-state index contributed by atoms with van der Waals surface area (Å²) in [6.07, 6.45) is -0.721. The van der Waals surface area contributed by atoms with Gasteiger partial charge in [0.05, 0.1) is 0 Å². The van der Waals surface area contributed by atoms with Crippen LogP contribution in [0.15, 0.2) is 30.3 Å². The van der Waals surface area contributed by atoms with Crippen LogP contribution < -0.4 is 33.2 Å². The van der Waals surface area contributed by atoms with Crippen molar-refractivity contribution in [1.82, 2.24) is 16.0 Å². The average molecular weight is 681 g/mol. The number of hydrogen-bond donors (Lipinski definition) is 8. The van der Waals surface area contributed by atoms with Crippen LogP contribution in [0.2, 0.25) is 0 Å². The Kier molecular flexibility index (Phi) is 24.2. The average Bonchev–Trinajstić information content (AvgIpc) is 3.00. The number of primary amides is 2. The number of carbonyl (C=O) groups is 6. The van der Waals surface area contributed by atoms with Gasteiger partial charge in [0.15, 0.2) is 0 Å². The third-order valence-electron chi connectivity index (χ3n) is 6.19. The van der Waals surface area contributed by atoms with Crippen LogP contribution >= 0.6 is 0 Å². The largest absolute Gasteiger partial charge is 0.490 e. The predicted molar refractivity (Wildman–Crippen MR) is 164 cm³/mol. The Labute approximate surface area is 271 Å². The van der Waals surface area contributed by atoms with E-state index >= 15 is 0 Å². The van der Waals surface area contributed by atoms with E-state index in [9.17, 15) is 37.1 Å². The molecule has 1 aromatic carbocycles. The zero-order valence-electron chi connectivity index (χ0n) is 26.5. The summed E-state index contributed by atoms with van der Waals surface area (Å²) in [4.78, 5) is 66.0. The maximum atomic E-state index is 12.5. The van der Waals surface area contributed by atoms with Gasteiger partial charge < -0.3 is 48.1 Å².